The molecule has 0 saturated carbocycles. The van der Waals surface area contributed by atoms with E-state index in [0.717, 1.165) is 39.0 Å². The Morgan fingerprint density at radius 1 is 0.622 bits per heavy atom. The monoisotopic (exact) mass is 610 g/mol. The highest BCUT2D eigenvalue weighted by Gasteiger charge is 2.38. The number of allylic oxidation sites excluding steroid dienone is 20. The van der Waals surface area contributed by atoms with E-state index in [-0.39, 0.29) is 22.4 Å². The van der Waals surface area contributed by atoms with Crippen LogP contribution in [0.5, 0.6) is 0 Å². The maximum absolute atomic E-state index is 12.4. The van der Waals surface area contributed by atoms with Crippen molar-refractivity contribution in [2.24, 2.45) is 10.8 Å². The molecule has 4 heteroatoms. The van der Waals surface area contributed by atoms with Gasteiger partial charge in [-0.25, -0.2) is 0 Å². The number of aliphatic hydroxyl groups is 2. The lowest BCUT2D eigenvalue weighted by Crippen LogP contribution is -2.36. The fraction of sp³-hybridized carbons (Fsp3) is 0.415. The summed E-state index contributed by atoms with van der Waals surface area (Å²) in [5, 5.41) is 20.1. The lowest BCUT2D eigenvalue weighted by Gasteiger charge is -2.36. The number of ketones is 2. The SMILES string of the molecule is CC1=C(/C=C/C(C)=C/C=C/C(C)=C/C=C/C=C(C)/C=C/C=C(C)/C=C(\C)C2=C(C)C(=O)[C@@H](O)CC2(C)C)C(C)(C)C[C@H](O)C1=O. The normalized spacial score (nSPS) is 24.5. The van der Waals surface area contributed by atoms with Crippen LogP contribution in [0.2, 0.25) is 0 Å². The number of rotatable bonds is 10. The molecular weight excluding hydrogens is 556 g/mol. The van der Waals surface area contributed by atoms with Gasteiger partial charge in [-0.2, -0.15) is 0 Å². The van der Waals surface area contributed by atoms with Crippen molar-refractivity contribution in [3.63, 3.8) is 0 Å². The molecular formula is C41H54O4. The summed E-state index contributed by atoms with van der Waals surface area (Å²) >= 11 is 0. The molecule has 0 aromatic rings. The van der Waals surface area contributed by atoms with E-state index in [1.54, 1.807) is 6.92 Å². The predicted molar refractivity (Wildman–Crippen MR) is 190 cm³/mol. The van der Waals surface area contributed by atoms with Gasteiger partial charge in [0, 0.05) is 0 Å². The third-order valence-electron chi connectivity index (χ3n) is 8.55. The molecule has 0 heterocycles. The number of hydrogen-bond donors (Lipinski definition) is 2. The van der Waals surface area contributed by atoms with Gasteiger partial charge >= 0.3 is 0 Å². The van der Waals surface area contributed by atoms with Gasteiger partial charge in [0.1, 0.15) is 12.2 Å². The molecule has 242 valence electrons. The standard InChI is InChI=1S/C41H54O4/c1-27(18-14-20-29(3)22-23-34-32(6)38(44)35(42)25-40(34,8)9)16-12-13-17-28(2)19-15-21-30(4)24-31(5)37-33(7)39(45)36(43)26-41(37,10)11/h12-24,35-36,42-43H,25-26H2,1-11H3/b13-12+,18-14+,19-15+,23-22+,27-16+,28-17+,29-20+,30-21+,31-24+/t35-,36-/m0/s1. The Balaban J connectivity index is 1.99. The number of hydrogen-bond acceptors (Lipinski definition) is 4. The first-order valence-corrected chi connectivity index (χ1v) is 15.8. The van der Waals surface area contributed by atoms with Gasteiger partial charge in [0.2, 0.25) is 0 Å². The molecule has 0 unspecified atom stereocenters. The summed E-state index contributed by atoms with van der Waals surface area (Å²) in [4.78, 5) is 24.6. The topological polar surface area (TPSA) is 74.6 Å². The zero-order chi connectivity index (χ0) is 34.1. The Kier molecular flexibility index (Phi) is 13.5. The van der Waals surface area contributed by atoms with Gasteiger partial charge in [-0.3, -0.25) is 9.59 Å². The second kappa shape index (κ2) is 16.1. The van der Waals surface area contributed by atoms with Crippen molar-refractivity contribution in [3.8, 4) is 0 Å². The molecule has 0 amide bonds. The van der Waals surface area contributed by atoms with Crippen LogP contribution >= 0.6 is 0 Å². The van der Waals surface area contributed by atoms with Gasteiger partial charge < -0.3 is 10.2 Å². The summed E-state index contributed by atoms with van der Waals surface area (Å²) in [6, 6.07) is 0. The van der Waals surface area contributed by atoms with E-state index in [4.69, 9.17) is 0 Å². The first kappa shape index (κ1) is 37.6. The quantitative estimate of drug-likeness (QED) is 0.242. The van der Waals surface area contributed by atoms with Gasteiger partial charge in [0.15, 0.2) is 11.6 Å². The summed E-state index contributed by atoms with van der Waals surface area (Å²) in [7, 11) is 0. The van der Waals surface area contributed by atoms with Crippen molar-refractivity contribution in [1.29, 1.82) is 0 Å². The highest BCUT2D eigenvalue weighted by molar-refractivity contribution is 6.01. The number of Topliss-reactive ketones (excluding diaryl/α,β-unsaturated/α-hetero) is 2. The van der Waals surface area contributed by atoms with Crippen LogP contribution in [0.25, 0.3) is 0 Å². The van der Waals surface area contributed by atoms with Crippen molar-refractivity contribution in [1.82, 2.24) is 0 Å². The van der Waals surface area contributed by atoms with Crippen LogP contribution in [0.3, 0.4) is 0 Å². The summed E-state index contributed by atoms with van der Waals surface area (Å²) in [6.45, 7) is 22.1. The molecule has 2 rings (SSSR count). The van der Waals surface area contributed by atoms with E-state index in [9.17, 15) is 19.8 Å². The third-order valence-corrected chi connectivity index (χ3v) is 8.55. The fourth-order valence-electron chi connectivity index (χ4n) is 6.28. The van der Waals surface area contributed by atoms with Gasteiger partial charge in [-0.15, -0.1) is 0 Å². The Morgan fingerprint density at radius 3 is 1.58 bits per heavy atom. The maximum atomic E-state index is 12.4. The second-order valence-corrected chi connectivity index (χ2v) is 13.9. The zero-order valence-corrected chi connectivity index (χ0v) is 29.3. The van der Waals surface area contributed by atoms with Crippen LogP contribution < -0.4 is 0 Å². The van der Waals surface area contributed by atoms with E-state index in [2.05, 4.69) is 78.0 Å². The van der Waals surface area contributed by atoms with Crippen molar-refractivity contribution < 1.29 is 19.8 Å². The minimum atomic E-state index is -0.912. The maximum Gasteiger partial charge on any atom is 0.187 e. The van der Waals surface area contributed by atoms with Crippen LogP contribution in [-0.2, 0) is 9.59 Å². The minimum Gasteiger partial charge on any atom is -0.385 e. The molecule has 45 heavy (non-hydrogen) atoms. The van der Waals surface area contributed by atoms with Crippen molar-refractivity contribution in [2.75, 3.05) is 0 Å². The number of carbonyl (C=O) groups is 2. The molecule has 0 spiro atoms. The Bertz CT molecular complexity index is 1500. The average Bonchev–Trinajstić information content (AvgIpc) is 2.92. The number of aliphatic hydroxyl groups excluding tert-OH is 2. The first-order chi connectivity index (χ1) is 20.9. The van der Waals surface area contributed by atoms with E-state index < -0.39 is 12.2 Å². The zero-order valence-electron chi connectivity index (χ0n) is 29.3. The minimum absolute atomic E-state index is 0.167. The van der Waals surface area contributed by atoms with Crippen LogP contribution in [0.1, 0.15) is 89.0 Å². The molecule has 0 radical (unpaired) electrons. The molecule has 2 N–H and O–H groups in total. The van der Waals surface area contributed by atoms with Gasteiger partial charge in [0.25, 0.3) is 0 Å². The van der Waals surface area contributed by atoms with Crippen LogP contribution in [0.4, 0.5) is 0 Å². The van der Waals surface area contributed by atoms with Crippen molar-refractivity contribution in [2.45, 2.75) is 101 Å². The van der Waals surface area contributed by atoms with E-state index in [1.807, 2.05) is 70.2 Å². The Morgan fingerprint density at radius 2 is 1.04 bits per heavy atom. The molecule has 0 aromatic heterocycles. The first-order valence-electron chi connectivity index (χ1n) is 15.8. The Hall–Kier alpha value is -3.60. The molecule has 0 bridgehead atoms. The van der Waals surface area contributed by atoms with E-state index in [0.29, 0.717) is 24.0 Å². The van der Waals surface area contributed by atoms with Crippen molar-refractivity contribution >= 4 is 11.6 Å². The summed E-state index contributed by atoms with van der Waals surface area (Å²) in [6.07, 6.45) is 25.6. The third kappa shape index (κ3) is 10.8. The Labute approximate surface area is 272 Å². The fourth-order valence-corrected chi connectivity index (χ4v) is 6.28. The molecule has 0 fully saturated rings. The molecule has 2 atom stereocenters. The predicted octanol–water partition coefficient (Wildman–Crippen LogP) is 9.30. The van der Waals surface area contributed by atoms with Crippen LogP contribution in [-0.4, -0.2) is 34.0 Å². The molecule has 2 aliphatic carbocycles. The summed E-state index contributed by atoms with van der Waals surface area (Å²) in [5.74, 6) is -0.342. The molecule has 4 nitrogen and oxygen atoms in total. The lowest BCUT2D eigenvalue weighted by atomic mass is 9.68. The molecule has 0 saturated heterocycles. The second-order valence-electron chi connectivity index (χ2n) is 13.9. The van der Waals surface area contributed by atoms with Gasteiger partial charge in [0.05, 0.1) is 0 Å². The summed E-state index contributed by atoms with van der Waals surface area (Å²) in [5.41, 5.74) is 8.29. The molecule has 2 aliphatic rings. The average molecular weight is 611 g/mol. The van der Waals surface area contributed by atoms with E-state index in [1.165, 1.54) is 0 Å². The van der Waals surface area contributed by atoms with Crippen LogP contribution in [0.15, 0.2) is 129 Å². The molecule has 0 aliphatic heterocycles. The highest BCUT2D eigenvalue weighted by Crippen LogP contribution is 2.43. The smallest absolute Gasteiger partial charge is 0.187 e. The van der Waals surface area contributed by atoms with Gasteiger partial charge in [-0.1, -0.05) is 129 Å². The van der Waals surface area contributed by atoms with Crippen molar-refractivity contribution in [3.05, 3.63) is 129 Å². The number of carbonyl (C=O) groups excluding carboxylic acids is 2. The van der Waals surface area contributed by atoms with Crippen LogP contribution in [0, 0.1) is 10.8 Å². The molecule has 0 aromatic carbocycles. The lowest BCUT2D eigenvalue weighted by molar-refractivity contribution is -0.126. The van der Waals surface area contributed by atoms with Gasteiger partial charge in [-0.05, 0) is 100 Å². The summed E-state index contributed by atoms with van der Waals surface area (Å²) < 4.78 is 0. The highest BCUT2D eigenvalue weighted by atomic mass is 16.3. The van der Waals surface area contributed by atoms with E-state index >= 15 is 0 Å². The largest absolute Gasteiger partial charge is 0.385 e.